The number of hydrogen-bond acceptors (Lipinski definition) is 6. The molecule has 0 radical (unpaired) electrons. The summed E-state index contributed by atoms with van der Waals surface area (Å²) < 4.78 is 15.8. The van der Waals surface area contributed by atoms with Crippen LogP contribution in [0, 0.1) is 0 Å². The lowest BCUT2D eigenvalue weighted by Gasteiger charge is -2.13. The highest BCUT2D eigenvalue weighted by Gasteiger charge is 2.14. The van der Waals surface area contributed by atoms with Crippen LogP contribution in [0.25, 0.3) is 0 Å². The van der Waals surface area contributed by atoms with Crippen molar-refractivity contribution in [2.24, 2.45) is 0 Å². The second-order valence-electron chi connectivity index (χ2n) is 6.24. The number of methoxy groups -OCH3 is 1. The molecule has 27 heavy (non-hydrogen) atoms. The van der Waals surface area contributed by atoms with Crippen molar-refractivity contribution < 1.29 is 18.7 Å². The summed E-state index contributed by atoms with van der Waals surface area (Å²) in [6.07, 6.45) is 3.59. The third-order valence-electron chi connectivity index (χ3n) is 4.22. The van der Waals surface area contributed by atoms with Crippen molar-refractivity contribution >= 4 is 23.2 Å². The minimum atomic E-state index is -0.420. The summed E-state index contributed by atoms with van der Waals surface area (Å²) in [6.45, 7) is 2.31. The zero-order valence-electron chi connectivity index (χ0n) is 15.0. The Morgan fingerprint density at radius 3 is 2.70 bits per heavy atom. The molecule has 0 spiro atoms. The molecule has 0 aliphatic carbocycles. The smallest absolute Gasteiger partial charge is 0.262 e. The minimum Gasteiger partial charge on any atom is -0.495 e. The normalized spacial score (nSPS) is 14.1. The van der Waals surface area contributed by atoms with Gasteiger partial charge < -0.3 is 19.2 Å². The number of nitrogens with zero attached hydrogens (tertiary/aromatic N) is 1. The van der Waals surface area contributed by atoms with E-state index in [0.717, 1.165) is 13.1 Å². The average Bonchev–Trinajstić information content (AvgIpc) is 3.14. The molecule has 2 aromatic rings. The van der Waals surface area contributed by atoms with Gasteiger partial charge in [-0.3, -0.25) is 14.5 Å². The number of hydrogen-bond donors (Lipinski definition) is 1. The van der Waals surface area contributed by atoms with Gasteiger partial charge in [0.2, 0.25) is 11.2 Å². The van der Waals surface area contributed by atoms with E-state index < -0.39 is 5.91 Å². The van der Waals surface area contributed by atoms with Gasteiger partial charge in [0.15, 0.2) is 6.61 Å². The lowest BCUT2D eigenvalue weighted by atomic mass is 10.3. The number of benzene rings is 1. The van der Waals surface area contributed by atoms with Gasteiger partial charge in [0.05, 0.1) is 18.7 Å². The van der Waals surface area contributed by atoms with E-state index in [1.54, 1.807) is 18.2 Å². The van der Waals surface area contributed by atoms with Crippen LogP contribution in [0.2, 0.25) is 5.02 Å². The molecule has 0 unspecified atom stereocenters. The second kappa shape index (κ2) is 8.92. The van der Waals surface area contributed by atoms with Crippen LogP contribution in [0.5, 0.6) is 11.5 Å². The number of carbonyl (C=O) groups is 1. The molecular formula is C19H21ClN2O5. The van der Waals surface area contributed by atoms with Crippen LogP contribution >= 0.6 is 11.6 Å². The molecule has 1 aromatic carbocycles. The van der Waals surface area contributed by atoms with E-state index in [4.69, 9.17) is 25.5 Å². The van der Waals surface area contributed by atoms with Crippen LogP contribution in [0.3, 0.4) is 0 Å². The largest absolute Gasteiger partial charge is 0.495 e. The zero-order chi connectivity index (χ0) is 19.2. The first-order valence-electron chi connectivity index (χ1n) is 8.65. The van der Waals surface area contributed by atoms with Crippen molar-refractivity contribution in [1.29, 1.82) is 0 Å². The Hall–Kier alpha value is -2.51. The van der Waals surface area contributed by atoms with Crippen molar-refractivity contribution in [2.75, 3.05) is 32.1 Å². The van der Waals surface area contributed by atoms with Crippen molar-refractivity contribution in [2.45, 2.75) is 19.4 Å². The molecule has 1 aromatic heterocycles. The zero-order valence-corrected chi connectivity index (χ0v) is 15.8. The van der Waals surface area contributed by atoms with Gasteiger partial charge in [-0.15, -0.1) is 0 Å². The summed E-state index contributed by atoms with van der Waals surface area (Å²) >= 11 is 6.02. The Morgan fingerprint density at radius 2 is 2.04 bits per heavy atom. The lowest BCUT2D eigenvalue weighted by molar-refractivity contribution is -0.118. The first kappa shape index (κ1) is 19.3. The van der Waals surface area contributed by atoms with Crippen LogP contribution in [-0.2, 0) is 11.3 Å². The van der Waals surface area contributed by atoms with Crippen LogP contribution in [0.1, 0.15) is 18.6 Å². The number of anilines is 1. The van der Waals surface area contributed by atoms with Gasteiger partial charge in [0.1, 0.15) is 17.8 Å². The number of nitrogens with one attached hydrogen (secondary N) is 1. The fraction of sp³-hybridized carbons (Fsp3) is 0.368. The van der Waals surface area contributed by atoms with Crippen molar-refractivity contribution in [3.05, 3.63) is 51.5 Å². The summed E-state index contributed by atoms with van der Waals surface area (Å²) in [5, 5.41) is 3.02. The van der Waals surface area contributed by atoms with E-state index in [1.807, 2.05) is 0 Å². The van der Waals surface area contributed by atoms with Crippen LogP contribution in [0.15, 0.2) is 39.7 Å². The van der Waals surface area contributed by atoms with E-state index in [0.29, 0.717) is 28.8 Å². The average molecular weight is 393 g/mol. The second-order valence-corrected chi connectivity index (χ2v) is 6.65. The molecule has 1 N–H and O–H groups in total. The molecule has 0 bridgehead atoms. The fourth-order valence-electron chi connectivity index (χ4n) is 2.87. The number of likely N-dealkylation sites (tertiary alicyclic amines) is 1. The molecule has 2 heterocycles. The third-order valence-corrected chi connectivity index (χ3v) is 4.52. The van der Waals surface area contributed by atoms with E-state index in [2.05, 4.69) is 10.2 Å². The lowest BCUT2D eigenvalue weighted by Crippen LogP contribution is -2.23. The SMILES string of the molecule is COc1ccc(NC(=O)COc2coc(CN3CCCC3)cc2=O)cc1Cl. The number of ether oxygens (including phenoxy) is 2. The highest BCUT2D eigenvalue weighted by atomic mass is 35.5. The molecule has 0 atom stereocenters. The van der Waals surface area contributed by atoms with Crippen LogP contribution in [-0.4, -0.2) is 37.6 Å². The van der Waals surface area contributed by atoms with E-state index in [9.17, 15) is 9.59 Å². The predicted octanol–water partition coefficient (Wildman–Crippen LogP) is 2.92. The van der Waals surface area contributed by atoms with Gasteiger partial charge in [0, 0.05) is 11.8 Å². The standard InChI is InChI=1S/C19H21ClN2O5/c1-25-17-5-4-13(8-15(17)20)21-19(24)12-27-18-11-26-14(9-16(18)23)10-22-6-2-3-7-22/h4-5,8-9,11H,2-3,6-7,10,12H2,1H3,(H,21,24). The van der Waals surface area contributed by atoms with Gasteiger partial charge in [-0.05, 0) is 44.1 Å². The predicted molar refractivity (Wildman–Crippen MR) is 102 cm³/mol. The van der Waals surface area contributed by atoms with Gasteiger partial charge in [-0.2, -0.15) is 0 Å². The molecular weight excluding hydrogens is 372 g/mol. The molecule has 1 fully saturated rings. The summed E-state index contributed by atoms with van der Waals surface area (Å²) in [7, 11) is 1.51. The van der Waals surface area contributed by atoms with Crippen molar-refractivity contribution in [1.82, 2.24) is 4.90 Å². The Morgan fingerprint density at radius 1 is 1.26 bits per heavy atom. The molecule has 1 aliphatic rings. The molecule has 1 amide bonds. The Kier molecular flexibility index (Phi) is 6.36. The number of carbonyl (C=O) groups excluding carboxylic acids is 1. The molecule has 0 saturated carbocycles. The van der Waals surface area contributed by atoms with Gasteiger partial charge in [-0.25, -0.2) is 0 Å². The molecule has 7 nitrogen and oxygen atoms in total. The Labute approximate surface area is 161 Å². The minimum absolute atomic E-state index is 0.00286. The highest BCUT2D eigenvalue weighted by Crippen LogP contribution is 2.27. The number of amides is 1. The molecule has 3 rings (SSSR count). The maximum Gasteiger partial charge on any atom is 0.262 e. The van der Waals surface area contributed by atoms with Crippen LogP contribution < -0.4 is 20.2 Å². The van der Waals surface area contributed by atoms with Gasteiger partial charge in [-0.1, -0.05) is 11.6 Å². The number of halogens is 1. The molecule has 1 aliphatic heterocycles. The fourth-order valence-corrected chi connectivity index (χ4v) is 3.13. The van der Waals surface area contributed by atoms with E-state index in [1.165, 1.54) is 32.3 Å². The maximum atomic E-state index is 12.1. The molecule has 1 saturated heterocycles. The first-order valence-corrected chi connectivity index (χ1v) is 9.03. The number of rotatable bonds is 7. The maximum absolute atomic E-state index is 12.1. The summed E-state index contributed by atoms with van der Waals surface area (Å²) in [5.74, 6) is 0.684. The monoisotopic (exact) mass is 392 g/mol. The highest BCUT2D eigenvalue weighted by molar-refractivity contribution is 6.32. The molecule has 144 valence electrons. The third kappa shape index (κ3) is 5.24. The summed E-state index contributed by atoms with van der Waals surface area (Å²) in [6, 6.07) is 6.28. The van der Waals surface area contributed by atoms with Gasteiger partial charge in [0.25, 0.3) is 5.91 Å². The van der Waals surface area contributed by atoms with Crippen molar-refractivity contribution in [3.8, 4) is 11.5 Å². The van der Waals surface area contributed by atoms with E-state index >= 15 is 0 Å². The molecule has 8 heteroatoms. The van der Waals surface area contributed by atoms with Crippen LogP contribution in [0.4, 0.5) is 5.69 Å². The van der Waals surface area contributed by atoms with Gasteiger partial charge >= 0.3 is 0 Å². The summed E-state index contributed by atoms with van der Waals surface area (Å²) in [5.41, 5.74) is 0.193. The Balaban J connectivity index is 1.53. The Bertz CT molecular complexity index is 861. The topological polar surface area (TPSA) is 81.0 Å². The first-order chi connectivity index (χ1) is 13.0. The van der Waals surface area contributed by atoms with E-state index in [-0.39, 0.29) is 17.8 Å². The quantitative estimate of drug-likeness (QED) is 0.780. The van der Waals surface area contributed by atoms with Crippen molar-refractivity contribution in [3.63, 3.8) is 0 Å². The summed E-state index contributed by atoms with van der Waals surface area (Å²) in [4.78, 5) is 26.4.